The van der Waals surface area contributed by atoms with Crippen LogP contribution in [0.3, 0.4) is 0 Å². The van der Waals surface area contributed by atoms with Gasteiger partial charge in [-0.15, -0.1) is 0 Å². The van der Waals surface area contributed by atoms with Crippen LogP contribution in [-0.4, -0.2) is 11.9 Å². The van der Waals surface area contributed by atoms with Gasteiger partial charge in [0.2, 0.25) is 5.91 Å². The molecule has 0 spiro atoms. The summed E-state index contributed by atoms with van der Waals surface area (Å²) in [6, 6.07) is 4.00. The summed E-state index contributed by atoms with van der Waals surface area (Å²) in [5.74, 6) is -0.0878. The fourth-order valence-corrected chi connectivity index (χ4v) is 2.93. The monoisotopic (exact) mass is 308 g/mol. The van der Waals surface area contributed by atoms with Crippen LogP contribution in [0.25, 0.3) is 0 Å². The molecule has 1 aliphatic rings. The third-order valence-electron chi connectivity index (χ3n) is 3.20. The second-order valence-electron chi connectivity index (χ2n) is 4.79. The minimum Gasteiger partial charge on any atom is -0.325 e. The van der Waals surface area contributed by atoms with Crippen LogP contribution in [0, 0.1) is 19.8 Å². The third-order valence-corrected chi connectivity index (χ3v) is 3.66. The second kappa shape index (κ2) is 5.24. The van der Waals surface area contributed by atoms with E-state index in [-0.39, 0.29) is 17.9 Å². The van der Waals surface area contributed by atoms with Crippen molar-refractivity contribution in [3.05, 3.63) is 39.9 Å². The van der Waals surface area contributed by atoms with Gasteiger partial charge < -0.3 is 11.1 Å². The maximum Gasteiger partial charge on any atom is 0.231 e. The highest BCUT2D eigenvalue weighted by Crippen LogP contribution is 2.26. The van der Waals surface area contributed by atoms with Gasteiger partial charge in [0.25, 0.3) is 0 Å². The Morgan fingerprint density at radius 1 is 1.33 bits per heavy atom. The van der Waals surface area contributed by atoms with Crippen LogP contribution in [0.15, 0.2) is 28.8 Å². The van der Waals surface area contributed by atoms with Crippen molar-refractivity contribution in [3.8, 4) is 0 Å². The van der Waals surface area contributed by atoms with Crippen molar-refractivity contribution in [2.45, 2.75) is 26.3 Å². The lowest BCUT2D eigenvalue weighted by atomic mass is 10.1. The van der Waals surface area contributed by atoms with Crippen LogP contribution >= 0.6 is 15.9 Å². The fourth-order valence-electron chi connectivity index (χ4n) is 2.25. The Morgan fingerprint density at radius 3 is 2.44 bits per heavy atom. The molecule has 0 saturated heterocycles. The molecule has 2 rings (SSSR count). The van der Waals surface area contributed by atoms with Gasteiger partial charge in [-0.3, -0.25) is 4.79 Å². The maximum absolute atomic E-state index is 12.1. The highest BCUT2D eigenvalue weighted by molar-refractivity contribution is 9.10. The molecule has 3 nitrogen and oxygen atoms in total. The zero-order valence-corrected chi connectivity index (χ0v) is 12.1. The smallest absolute Gasteiger partial charge is 0.231 e. The predicted octanol–water partition coefficient (Wildman–Crippen LogP) is 2.91. The average Bonchev–Trinajstić information content (AvgIpc) is 2.70. The zero-order chi connectivity index (χ0) is 13.3. The summed E-state index contributed by atoms with van der Waals surface area (Å²) in [6.45, 7) is 3.98. The van der Waals surface area contributed by atoms with Gasteiger partial charge in [0, 0.05) is 16.2 Å². The lowest BCUT2D eigenvalue weighted by Crippen LogP contribution is -2.24. The lowest BCUT2D eigenvalue weighted by molar-refractivity contribution is -0.118. The molecule has 0 bridgehead atoms. The number of carbonyl (C=O) groups excluding carboxylic acids is 1. The molecule has 4 heteroatoms. The molecule has 0 aliphatic heterocycles. The van der Waals surface area contributed by atoms with Crippen LogP contribution in [0.4, 0.5) is 5.69 Å². The van der Waals surface area contributed by atoms with Gasteiger partial charge in [0.15, 0.2) is 0 Å². The van der Waals surface area contributed by atoms with Crippen LogP contribution in [-0.2, 0) is 4.79 Å². The summed E-state index contributed by atoms with van der Waals surface area (Å²) in [5.41, 5.74) is 8.78. The van der Waals surface area contributed by atoms with Gasteiger partial charge in [-0.05, 0) is 43.5 Å². The first-order valence-electron chi connectivity index (χ1n) is 5.99. The Bertz CT molecular complexity index is 488. The van der Waals surface area contributed by atoms with E-state index in [0.717, 1.165) is 21.3 Å². The Hall–Kier alpha value is -1.13. The molecule has 1 aromatic rings. The van der Waals surface area contributed by atoms with Crippen molar-refractivity contribution >= 4 is 27.5 Å². The number of rotatable bonds is 2. The number of hydrogen-bond acceptors (Lipinski definition) is 2. The highest BCUT2D eigenvalue weighted by Gasteiger charge is 2.23. The number of nitrogens with two attached hydrogens (primary N) is 1. The van der Waals surface area contributed by atoms with Crippen LogP contribution in [0.5, 0.6) is 0 Å². The Kier molecular flexibility index (Phi) is 3.88. The molecule has 96 valence electrons. The van der Waals surface area contributed by atoms with Crippen molar-refractivity contribution in [3.63, 3.8) is 0 Å². The van der Waals surface area contributed by atoms with Gasteiger partial charge in [0.05, 0.1) is 5.92 Å². The first-order chi connectivity index (χ1) is 8.47. The molecule has 18 heavy (non-hydrogen) atoms. The molecule has 1 amide bonds. The van der Waals surface area contributed by atoms with Crippen molar-refractivity contribution in [1.29, 1.82) is 0 Å². The molecular formula is C14H17BrN2O. The third kappa shape index (κ3) is 2.82. The van der Waals surface area contributed by atoms with Crippen molar-refractivity contribution < 1.29 is 4.79 Å². The van der Waals surface area contributed by atoms with E-state index in [1.165, 1.54) is 0 Å². The number of hydrogen-bond donors (Lipinski definition) is 2. The summed E-state index contributed by atoms with van der Waals surface area (Å²) in [5, 5.41) is 3.00. The fraction of sp³-hybridized carbons (Fsp3) is 0.357. The molecule has 0 radical (unpaired) electrons. The summed E-state index contributed by atoms with van der Waals surface area (Å²) < 4.78 is 1.03. The van der Waals surface area contributed by atoms with E-state index < -0.39 is 0 Å². The first-order valence-corrected chi connectivity index (χ1v) is 6.78. The number of amides is 1. The van der Waals surface area contributed by atoms with E-state index in [1.54, 1.807) is 0 Å². The minimum absolute atomic E-state index is 0.00728. The normalized spacial score (nSPS) is 22.2. The molecule has 2 unspecified atom stereocenters. The van der Waals surface area contributed by atoms with Gasteiger partial charge in [-0.2, -0.15) is 0 Å². The quantitative estimate of drug-likeness (QED) is 0.825. The molecule has 0 fully saturated rings. The van der Waals surface area contributed by atoms with E-state index in [9.17, 15) is 4.79 Å². The summed E-state index contributed by atoms with van der Waals surface area (Å²) in [4.78, 5) is 12.1. The number of halogens is 1. The van der Waals surface area contributed by atoms with Gasteiger partial charge in [0.1, 0.15) is 0 Å². The predicted molar refractivity (Wildman–Crippen MR) is 77.5 cm³/mol. The lowest BCUT2D eigenvalue weighted by Gasteiger charge is -2.15. The van der Waals surface area contributed by atoms with E-state index >= 15 is 0 Å². The Morgan fingerprint density at radius 2 is 1.94 bits per heavy atom. The Labute approximate surface area is 116 Å². The SMILES string of the molecule is Cc1cc(Br)cc(C)c1NC(=O)C1C=CC(N)C1. The van der Waals surface area contributed by atoms with E-state index in [2.05, 4.69) is 21.2 Å². The van der Waals surface area contributed by atoms with E-state index in [1.807, 2.05) is 38.1 Å². The average molecular weight is 309 g/mol. The summed E-state index contributed by atoms with van der Waals surface area (Å²) in [6.07, 6.45) is 4.48. The Balaban J connectivity index is 2.15. The molecule has 1 aromatic carbocycles. The second-order valence-corrected chi connectivity index (χ2v) is 5.71. The zero-order valence-electron chi connectivity index (χ0n) is 10.5. The van der Waals surface area contributed by atoms with Crippen molar-refractivity contribution in [1.82, 2.24) is 0 Å². The molecule has 2 atom stereocenters. The number of benzene rings is 1. The van der Waals surface area contributed by atoms with Crippen molar-refractivity contribution in [2.75, 3.05) is 5.32 Å². The molecule has 0 saturated carbocycles. The van der Waals surface area contributed by atoms with Crippen LogP contribution in [0.1, 0.15) is 17.5 Å². The van der Waals surface area contributed by atoms with Crippen LogP contribution in [0.2, 0.25) is 0 Å². The van der Waals surface area contributed by atoms with E-state index in [0.29, 0.717) is 6.42 Å². The van der Waals surface area contributed by atoms with Crippen molar-refractivity contribution in [2.24, 2.45) is 11.7 Å². The summed E-state index contributed by atoms with van der Waals surface area (Å²) in [7, 11) is 0. The first kappa shape index (κ1) is 13.3. The molecule has 0 aromatic heterocycles. The van der Waals surface area contributed by atoms with Gasteiger partial charge >= 0.3 is 0 Å². The number of nitrogens with one attached hydrogen (secondary N) is 1. The molecule has 0 heterocycles. The number of anilines is 1. The minimum atomic E-state index is -0.109. The molecular weight excluding hydrogens is 292 g/mol. The van der Waals surface area contributed by atoms with Gasteiger partial charge in [-0.25, -0.2) is 0 Å². The standard InChI is InChI=1S/C14H17BrN2O/c1-8-5-11(15)6-9(2)13(8)17-14(18)10-3-4-12(16)7-10/h3-6,10,12H,7,16H2,1-2H3,(H,17,18). The molecule has 1 aliphatic carbocycles. The topological polar surface area (TPSA) is 55.1 Å². The van der Waals surface area contributed by atoms with E-state index in [4.69, 9.17) is 5.73 Å². The largest absolute Gasteiger partial charge is 0.325 e. The number of carbonyl (C=O) groups is 1. The summed E-state index contributed by atoms with van der Waals surface area (Å²) >= 11 is 3.45. The highest BCUT2D eigenvalue weighted by atomic mass is 79.9. The van der Waals surface area contributed by atoms with Gasteiger partial charge in [-0.1, -0.05) is 28.1 Å². The van der Waals surface area contributed by atoms with Crippen LogP contribution < -0.4 is 11.1 Å². The number of aryl methyl sites for hydroxylation is 2. The molecule has 3 N–H and O–H groups in total. The maximum atomic E-state index is 12.1.